The Balaban J connectivity index is 0.00000117. The van der Waals surface area contributed by atoms with Crippen molar-refractivity contribution < 1.29 is 14.3 Å². The third kappa shape index (κ3) is 4.10. The normalized spacial score (nSPS) is 17.9. The van der Waals surface area contributed by atoms with Crippen LogP contribution >= 0.6 is 0 Å². The van der Waals surface area contributed by atoms with Crippen LogP contribution in [0.4, 0.5) is 4.39 Å². The second-order valence-electron chi connectivity index (χ2n) is 6.17. The summed E-state index contributed by atoms with van der Waals surface area (Å²) in [7, 11) is 1.85. The fourth-order valence-corrected chi connectivity index (χ4v) is 2.74. The second-order valence-corrected chi connectivity index (χ2v) is 6.17. The van der Waals surface area contributed by atoms with Crippen molar-refractivity contribution in [2.45, 2.75) is 33.6 Å². The summed E-state index contributed by atoms with van der Waals surface area (Å²) in [4.78, 5) is 17.4. The van der Waals surface area contributed by atoms with Gasteiger partial charge in [-0.25, -0.2) is 14.2 Å². The van der Waals surface area contributed by atoms with E-state index in [2.05, 4.69) is 11.6 Å². The monoisotopic (exact) mass is 356 g/mol. The highest BCUT2D eigenvalue weighted by Crippen LogP contribution is 2.40. The number of halogens is 1. The van der Waals surface area contributed by atoms with Gasteiger partial charge in [0, 0.05) is 18.3 Å². The van der Waals surface area contributed by atoms with Gasteiger partial charge in [-0.2, -0.15) is 0 Å². The first-order valence-corrected chi connectivity index (χ1v) is 8.82. The van der Waals surface area contributed by atoms with Crippen LogP contribution < -0.4 is 0 Å². The maximum Gasteiger partial charge on any atom is 0.354 e. The molecule has 1 heterocycles. The number of allylic oxidation sites excluding steroid dienone is 3. The zero-order valence-corrected chi connectivity index (χ0v) is 15.7. The van der Waals surface area contributed by atoms with Crippen molar-refractivity contribution in [1.82, 2.24) is 4.90 Å². The average Bonchev–Trinajstić information content (AvgIpc) is 3.45. The van der Waals surface area contributed by atoms with E-state index in [1.54, 1.807) is 37.3 Å². The molecule has 0 radical (unpaired) electrons. The van der Waals surface area contributed by atoms with Crippen LogP contribution in [0.1, 0.15) is 37.8 Å². The Morgan fingerprint density at radius 1 is 1.38 bits per heavy atom. The minimum Gasteiger partial charge on any atom is -0.477 e. The van der Waals surface area contributed by atoms with Crippen LogP contribution in [0.3, 0.4) is 0 Å². The molecule has 1 fully saturated rings. The number of benzene rings is 1. The SMILES string of the molecule is C=C(/C=C1/N=C(C(=O)O)C=C(C2CC2)N1C)c1cccc(C)c1F.CC. The molecule has 1 aromatic carbocycles. The molecule has 138 valence electrons. The molecule has 0 unspecified atom stereocenters. The van der Waals surface area contributed by atoms with Crippen molar-refractivity contribution in [3.05, 3.63) is 65.4 Å². The van der Waals surface area contributed by atoms with Crippen molar-refractivity contribution in [2.75, 3.05) is 7.05 Å². The largest absolute Gasteiger partial charge is 0.477 e. The first kappa shape index (κ1) is 19.6. The lowest BCUT2D eigenvalue weighted by Crippen LogP contribution is -2.26. The maximum absolute atomic E-state index is 14.3. The molecule has 0 aromatic heterocycles. The highest BCUT2D eigenvalue weighted by atomic mass is 19.1. The summed E-state index contributed by atoms with van der Waals surface area (Å²) in [5, 5.41) is 9.29. The summed E-state index contributed by atoms with van der Waals surface area (Å²) >= 11 is 0. The van der Waals surface area contributed by atoms with Crippen molar-refractivity contribution in [3.8, 4) is 0 Å². The highest BCUT2D eigenvalue weighted by molar-refractivity contribution is 6.41. The Kier molecular flexibility index (Phi) is 6.14. The molecule has 4 nitrogen and oxygen atoms in total. The summed E-state index contributed by atoms with van der Waals surface area (Å²) in [6, 6.07) is 5.12. The summed E-state index contributed by atoms with van der Waals surface area (Å²) in [6.07, 6.45) is 5.34. The van der Waals surface area contributed by atoms with Gasteiger partial charge in [0.15, 0.2) is 5.71 Å². The van der Waals surface area contributed by atoms with Crippen LogP contribution in [0.25, 0.3) is 5.57 Å². The first-order chi connectivity index (χ1) is 12.4. The van der Waals surface area contributed by atoms with E-state index in [4.69, 9.17) is 0 Å². The summed E-state index contributed by atoms with van der Waals surface area (Å²) < 4.78 is 14.3. The van der Waals surface area contributed by atoms with E-state index < -0.39 is 5.97 Å². The van der Waals surface area contributed by atoms with Gasteiger partial charge in [-0.1, -0.05) is 38.6 Å². The standard InChI is InChI=1S/C19H19FN2O2.C2H6/c1-11-5-4-6-14(18(11)20)12(2)9-17-21-15(19(23)24)10-16(22(17)3)13-7-8-13;1-2/h4-6,9-10,13H,2,7-8H2,1,3H3,(H,23,24);1-2H3/b17-9-;. The number of carboxylic acid groups (broad SMARTS) is 1. The zero-order valence-electron chi connectivity index (χ0n) is 15.7. The summed E-state index contributed by atoms with van der Waals surface area (Å²) in [5.74, 6) is -0.562. The molecule has 1 aliphatic carbocycles. The molecule has 3 rings (SSSR count). The van der Waals surface area contributed by atoms with Crippen molar-refractivity contribution in [1.29, 1.82) is 0 Å². The third-order valence-electron chi connectivity index (χ3n) is 4.31. The van der Waals surface area contributed by atoms with Gasteiger partial charge in [-0.3, -0.25) is 0 Å². The van der Waals surface area contributed by atoms with Crippen LogP contribution in [-0.4, -0.2) is 28.7 Å². The van der Waals surface area contributed by atoms with Crippen molar-refractivity contribution in [3.63, 3.8) is 0 Å². The molecule has 5 heteroatoms. The van der Waals surface area contributed by atoms with Crippen molar-refractivity contribution in [2.24, 2.45) is 10.9 Å². The number of rotatable bonds is 4. The lowest BCUT2D eigenvalue weighted by Gasteiger charge is -2.27. The molecule has 1 aromatic rings. The van der Waals surface area contributed by atoms with Gasteiger partial charge in [0.25, 0.3) is 0 Å². The quantitative estimate of drug-likeness (QED) is 0.845. The van der Waals surface area contributed by atoms with Gasteiger partial charge in [-0.15, -0.1) is 0 Å². The maximum atomic E-state index is 14.3. The van der Waals surface area contributed by atoms with Crippen LogP contribution in [0.2, 0.25) is 0 Å². The number of carboxylic acids is 1. The van der Waals surface area contributed by atoms with Crippen LogP contribution in [0.15, 0.2) is 53.4 Å². The van der Waals surface area contributed by atoms with Gasteiger partial charge in [0.1, 0.15) is 11.6 Å². The predicted octanol–water partition coefficient (Wildman–Crippen LogP) is 4.78. The smallest absolute Gasteiger partial charge is 0.354 e. The van der Waals surface area contributed by atoms with E-state index in [9.17, 15) is 14.3 Å². The second kappa shape index (κ2) is 8.13. The molecular formula is C21H25FN2O2. The number of carbonyl (C=O) groups is 1. The van der Waals surface area contributed by atoms with E-state index in [-0.39, 0.29) is 11.5 Å². The lowest BCUT2D eigenvalue weighted by atomic mass is 10.0. The molecule has 26 heavy (non-hydrogen) atoms. The van der Waals surface area contributed by atoms with Crippen molar-refractivity contribution >= 4 is 17.3 Å². The number of nitrogens with zero attached hydrogens (tertiary/aromatic N) is 2. The molecule has 0 amide bonds. The van der Waals surface area contributed by atoms with Crippen LogP contribution in [0.5, 0.6) is 0 Å². The van der Waals surface area contributed by atoms with Crippen LogP contribution in [0, 0.1) is 18.7 Å². The number of aliphatic imine (C=N–C) groups is 1. The van der Waals surface area contributed by atoms with E-state index in [0.29, 0.717) is 28.4 Å². The van der Waals surface area contributed by atoms with Crippen LogP contribution in [-0.2, 0) is 4.79 Å². The molecule has 0 bridgehead atoms. The fraction of sp³-hybridized carbons (Fsp3) is 0.333. The summed E-state index contributed by atoms with van der Waals surface area (Å²) in [6.45, 7) is 9.63. The molecule has 1 N–H and O–H groups in total. The van der Waals surface area contributed by atoms with Gasteiger partial charge >= 0.3 is 5.97 Å². The Bertz CT molecular complexity index is 817. The molecule has 1 aliphatic heterocycles. The fourth-order valence-electron chi connectivity index (χ4n) is 2.74. The molecule has 0 spiro atoms. The van der Waals surface area contributed by atoms with E-state index in [0.717, 1.165) is 18.5 Å². The van der Waals surface area contributed by atoms with Gasteiger partial charge in [-0.05, 0) is 49.0 Å². The molecule has 2 aliphatic rings. The highest BCUT2D eigenvalue weighted by Gasteiger charge is 2.32. The average molecular weight is 356 g/mol. The Hall–Kier alpha value is -2.69. The van der Waals surface area contributed by atoms with E-state index in [1.807, 2.05) is 25.8 Å². The number of hydrogen-bond donors (Lipinski definition) is 1. The third-order valence-corrected chi connectivity index (χ3v) is 4.31. The van der Waals surface area contributed by atoms with Gasteiger partial charge in [0.05, 0.1) is 0 Å². The predicted molar refractivity (Wildman–Crippen MR) is 103 cm³/mol. The van der Waals surface area contributed by atoms with E-state index in [1.165, 1.54) is 0 Å². The minimum absolute atomic E-state index is 0.00114. The molecule has 0 saturated heterocycles. The van der Waals surface area contributed by atoms with Gasteiger partial charge < -0.3 is 10.0 Å². The molecule has 1 saturated carbocycles. The molecule has 0 atom stereocenters. The summed E-state index contributed by atoms with van der Waals surface area (Å²) in [5.41, 5.74) is 2.33. The van der Waals surface area contributed by atoms with E-state index >= 15 is 0 Å². The lowest BCUT2D eigenvalue weighted by molar-refractivity contribution is -0.129. The Labute approximate surface area is 154 Å². The Morgan fingerprint density at radius 2 is 2.04 bits per heavy atom. The number of aryl methyl sites for hydroxylation is 1. The topological polar surface area (TPSA) is 52.9 Å². The number of aliphatic carboxylic acids is 1. The minimum atomic E-state index is -1.07. The van der Waals surface area contributed by atoms with Gasteiger partial charge in [0.2, 0.25) is 0 Å². The Morgan fingerprint density at radius 3 is 2.62 bits per heavy atom. The first-order valence-electron chi connectivity index (χ1n) is 8.82. The number of hydrogen-bond acceptors (Lipinski definition) is 3. The zero-order chi connectivity index (χ0) is 19.4. The molecular weight excluding hydrogens is 331 g/mol.